The van der Waals surface area contributed by atoms with Crippen molar-refractivity contribution in [1.29, 1.82) is 0 Å². The van der Waals surface area contributed by atoms with E-state index in [0.29, 0.717) is 35.4 Å². The van der Waals surface area contributed by atoms with E-state index >= 15 is 0 Å². The van der Waals surface area contributed by atoms with Crippen LogP contribution in [0, 0.1) is 0 Å². The van der Waals surface area contributed by atoms with Gasteiger partial charge in [-0.3, -0.25) is 4.79 Å². The van der Waals surface area contributed by atoms with Crippen molar-refractivity contribution in [3.8, 4) is 0 Å². The lowest BCUT2D eigenvalue weighted by Gasteiger charge is -2.21. The second-order valence-corrected chi connectivity index (χ2v) is 8.85. The van der Waals surface area contributed by atoms with E-state index in [-0.39, 0.29) is 24.1 Å². The van der Waals surface area contributed by atoms with Gasteiger partial charge in [0, 0.05) is 13.1 Å². The van der Waals surface area contributed by atoms with Crippen LogP contribution in [0.4, 0.5) is 10.5 Å². The SMILES string of the molecule is CCN(CC(=O)Nc1c(Cl)cccc1Cl)C(=O)NCc1cccc(COC(C)(C)C)c1. The zero-order valence-corrected chi connectivity index (χ0v) is 19.8. The summed E-state index contributed by atoms with van der Waals surface area (Å²) in [6.07, 6.45) is 0. The van der Waals surface area contributed by atoms with Crippen molar-refractivity contribution in [2.75, 3.05) is 18.4 Å². The Hall–Kier alpha value is -2.28. The van der Waals surface area contributed by atoms with E-state index in [2.05, 4.69) is 10.6 Å². The lowest BCUT2D eigenvalue weighted by Crippen LogP contribution is -2.43. The summed E-state index contributed by atoms with van der Waals surface area (Å²) in [6.45, 7) is 8.91. The molecule has 0 aliphatic rings. The molecule has 0 radical (unpaired) electrons. The number of urea groups is 1. The Bertz CT molecular complexity index is 893. The van der Waals surface area contributed by atoms with Gasteiger partial charge in [0.1, 0.15) is 6.54 Å². The molecule has 0 bridgehead atoms. The third-order valence-corrected chi connectivity index (χ3v) is 4.97. The Morgan fingerprint density at radius 3 is 2.26 bits per heavy atom. The highest BCUT2D eigenvalue weighted by Crippen LogP contribution is 2.29. The highest BCUT2D eigenvalue weighted by atomic mass is 35.5. The van der Waals surface area contributed by atoms with Crippen LogP contribution in [0.3, 0.4) is 0 Å². The van der Waals surface area contributed by atoms with Crippen LogP contribution in [0.15, 0.2) is 42.5 Å². The van der Waals surface area contributed by atoms with Gasteiger partial charge in [-0.05, 0) is 51.0 Å². The molecule has 0 saturated heterocycles. The molecule has 3 amide bonds. The molecule has 0 heterocycles. The number of hydrogen-bond donors (Lipinski definition) is 2. The topological polar surface area (TPSA) is 70.7 Å². The summed E-state index contributed by atoms with van der Waals surface area (Å²) < 4.78 is 5.80. The number of hydrogen-bond acceptors (Lipinski definition) is 3. The molecule has 0 fully saturated rings. The quantitative estimate of drug-likeness (QED) is 0.542. The van der Waals surface area contributed by atoms with Gasteiger partial charge in [-0.25, -0.2) is 4.79 Å². The Morgan fingerprint density at radius 2 is 1.65 bits per heavy atom. The molecular weight excluding hydrogens is 437 g/mol. The van der Waals surface area contributed by atoms with Crippen LogP contribution in [0.1, 0.15) is 38.8 Å². The maximum atomic E-state index is 12.6. The number of carbonyl (C=O) groups excluding carboxylic acids is 2. The van der Waals surface area contributed by atoms with E-state index in [1.807, 2.05) is 45.0 Å². The molecule has 8 heteroatoms. The van der Waals surface area contributed by atoms with E-state index in [1.54, 1.807) is 25.1 Å². The number of nitrogens with one attached hydrogen (secondary N) is 2. The summed E-state index contributed by atoms with van der Waals surface area (Å²) >= 11 is 12.2. The Kier molecular flexibility index (Phi) is 9.16. The van der Waals surface area contributed by atoms with E-state index in [9.17, 15) is 9.59 Å². The summed E-state index contributed by atoms with van der Waals surface area (Å²) in [6, 6.07) is 12.5. The predicted molar refractivity (Wildman–Crippen MR) is 126 cm³/mol. The maximum absolute atomic E-state index is 12.6. The average Bonchev–Trinajstić information content (AvgIpc) is 2.71. The molecule has 0 aromatic heterocycles. The number of amides is 3. The largest absolute Gasteiger partial charge is 0.371 e. The van der Waals surface area contributed by atoms with Gasteiger partial charge in [-0.2, -0.15) is 0 Å². The number of halogens is 2. The summed E-state index contributed by atoms with van der Waals surface area (Å²) in [5, 5.41) is 6.20. The van der Waals surface area contributed by atoms with Crippen LogP contribution in [-0.2, 0) is 22.7 Å². The summed E-state index contributed by atoms with van der Waals surface area (Å²) in [5.74, 6) is -0.381. The Morgan fingerprint density at radius 1 is 1.03 bits per heavy atom. The molecule has 0 aliphatic carbocycles. The zero-order chi connectivity index (χ0) is 23.0. The average molecular weight is 466 g/mol. The fourth-order valence-corrected chi connectivity index (χ4v) is 3.21. The minimum absolute atomic E-state index is 0.122. The smallest absolute Gasteiger partial charge is 0.318 e. The molecule has 0 atom stereocenters. The van der Waals surface area contributed by atoms with Gasteiger partial charge in [0.2, 0.25) is 5.91 Å². The first kappa shape index (κ1) is 25.0. The number of likely N-dealkylation sites (N-methyl/N-ethyl adjacent to an activating group) is 1. The fourth-order valence-electron chi connectivity index (χ4n) is 2.72. The van der Waals surface area contributed by atoms with Gasteiger partial charge in [0.05, 0.1) is 27.9 Å². The summed E-state index contributed by atoms with van der Waals surface area (Å²) in [5.41, 5.74) is 2.10. The van der Waals surface area contributed by atoms with Gasteiger partial charge in [0.25, 0.3) is 0 Å². The fraction of sp³-hybridized carbons (Fsp3) is 0.391. The molecule has 31 heavy (non-hydrogen) atoms. The number of anilines is 1. The van der Waals surface area contributed by atoms with E-state index in [4.69, 9.17) is 27.9 Å². The van der Waals surface area contributed by atoms with Gasteiger partial charge in [0.15, 0.2) is 0 Å². The van der Waals surface area contributed by atoms with Gasteiger partial charge in [-0.15, -0.1) is 0 Å². The number of rotatable bonds is 8. The number of carbonyl (C=O) groups is 2. The minimum atomic E-state index is -0.381. The van der Waals surface area contributed by atoms with E-state index in [0.717, 1.165) is 11.1 Å². The van der Waals surface area contributed by atoms with Crippen molar-refractivity contribution in [3.05, 3.63) is 63.6 Å². The van der Waals surface area contributed by atoms with Crippen molar-refractivity contribution in [2.45, 2.75) is 46.4 Å². The number of benzene rings is 2. The lowest BCUT2D eigenvalue weighted by atomic mass is 10.1. The monoisotopic (exact) mass is 465 g/mol. The molecule has 0 spiro atoms. The third-order valence-electron chi connectivity index (χ3n) is 4.34. The number of ether oxygens (including phenoxy) is 1. The normalized spacial score (nSPS) is 11.2. The van der Waals surface area contributed by atoms with Crippen molar-refractivity contribution < 1.29 is 14.3 Å². The van der Waals surface area contributed by atoms with Crippen LogP contribution in [0.2, 0.25) is 10.0 Å². The zero-order valence-electron chi connectivity index (χ0n) is 18.3. The minimum Gasteiger partial charge on any atom is -0.371 e. The lowest BCUT2D eigenvalue weighted by molar-refractivity contribution is -0.116. The van der Waals surface area contributed by atoms with Crippen LogP contribution >= 0.6 is 23.2 Å². The molecule has 0 aliphatic heterocycles. The Labute approximate surface area is 193 Å². The van der Waals surface area contributed by atoms with Gasteiger partial charge in [-0.1, -0.05) is 53.5 Å². The second-order valence-electron chi connectivity index (χ2n) is 8.04. The highest BCUT2D eigenvalue weighted by molar-refractivity contribution is 6.39. The van der Waals surface area contributed by atoms with E-state index < -0.39 is 0 Å². The first-order valence-electron chi connectivity index (χ1n) is 10.1. The maximum Gasteiger partial charge on any atom is 0.318 e. The van der Waals surface area contributed by atoms with Crippen molar-refractivity contribution >= 4 is 40.8 Å². The van der Waals surface area contributed by atoms with Crippen LogP contribution in [-0.4, -0.2) is 35.5 Å². The van der Waals surface area contributed by atoms with Gasteiger partial charge < -0.3 is 20.3 Å². The van der Waals surface area contributed by atoms with Crippen molar-refractivity contribution in [3.63, 3.8) is 0 Å². The van der Waals surface area contributed by atoms with Crippen molar-refractivity contribution in [1.82, 2.24) is 10.2 Å². The first-order valence-corrected chi connectivity index (χ1v) is 10.8. The molecule has 2 N–H and O–H groups in total. The molecule has 0 saturated carbocycles. The van der Waals surface area contributed by atoms with Crippen LogP contribution in [0.25, 0.3) is 0 Å². The van der Waals surface area contributed by atoms with Crippen LogP contribution < -0.4 is 10.6 Å². The molecule has 168 valence electrons. The van der Waals surface area contributed by atoms with Crippen LogP contribution in [0.5, 0.6) is 0 Å². The standard InChI is InChI=1S/C23H29Cl2N3O3/c1-5-28(14-20(29)27-21-18(24)10-7-11-19(21)25)22(30)26-13-16-8-6-9-17(12-16)15-31-23(2,3)4/h6-12H,5,13-15H2,1-4H3,(H,26,30)(H,27,29). The van der Waals surface area contributed by atoms with E-state index in [1.165, 1.54) is 4.90 Å². The molecule has 0 unspecified atom stereocenters. The number of para-hydroxylation sites is 1. The summed E-state index contributed by atoms with van der Waals surface area (Å²) in [4.78, 5) is 26.4. The highest BCUT2D eigenvalue weighted by Gasteiger charge is 2.17. The predicted octanol–water partition coefficient (Wildman–Crippen LogP) is 5.48. The number of nitrogens with zero attached hydrogens (tertiary/aromatic N) is 1. The third kappa shape index (κ3) is 8.40. The molecule has 6 nitrogen and oxygen atoms in total. The molecular formula is C23H29Cl2N3O3. The van der Waals surface area contributed by atoms with Gasteiger partial charge >= 0.3 is 6.03 Å². The Balaban J connectivity index is 1.91. The molecule has 2 aromatic rings. The second kappa shape index (κ2) is 11.4. The summed E-state index contributed by atoms with van der Waals surface area (Å²) in [7, 11) is 0. The molecule has 2 rings (SSSR count). The first-order chi connectivity index (χ1) is 14.6. The van der Waals surface area contributed by atoms with Crippen molar-refractivity contribution in [2.24, 2.45) is 0 Å². The molecule has 2 aromatic carbocycles.